The number of amides is 2. The minimum atomic E-state index is -0.338. The van der Waals surface area contributed by atoms with Gasteiger partial charge in [-0.3, -0.25) is 9.59 Å². The van der Waals surface area contributed by atoms with E-state index in [-0.39, 0.29) is 30.4 Å². The van der Waals surface area contributed by atoms with Crippen LogP contribution in [0.3, 0.4) is 0 Å². The molecule has 3 aromatic rings. The Morgan fingerprint density at radius 1 is 1.13 bits per heavy atom. The second-order valence-corrected chi connectivity index (χ2v) is 7.58. The zero-order valence-corrected chi connectivity index (χ0v) is 16.7. The van der Waals surface area contributed by atoms with Gasteiger partial charge in [0.15, 0.2) is 0 Å². The van der Waals surface area contributed by atoms with Crippen molar-refractivity contribution in [2.24, 2.45) is 5.73 Å². The lowest BCUT2D eigenvalue weighted by atomic mass is 10.0. The van der Waals surface area contributed by atoms with Crippen LogP contribution >= 0.6 is 0 Å². The molecule has 1 aliphatic heterocycles. The number of rotatable bonds is 7. The Kier molecular flexibility index (Phi) is 6.06. The molecule has 0 saturated carbocycles. The number of carbonyl (C=O) groups is 2. The molecule has 156 valence electrons. The Bertz CT molecular complexity index is 1030. The summed E-state index contributed by atoms with van der Waals surface area (Å²) in [7, 11) is 0. The molecular weight excluding hydrogens is 380 g/mol. The number of aromatic amines is 1. The van der Waals surface area contributed by atoms with Crippen molar-refractivity contribution in [1.29, 1.82) is 0 Å². The highest BCUT2D eigenvalue weighted by Gasteiger charge is 2.30. The summed E-state index contributed by atoms with van der Waals surface area (Å²) in [5.74, 6) is 0.391. The normalized spacial score (nSPS) is 18.4. The SMILES string of the molecule is NCC(=O)NC1CNC(C(=O)NCc2nc3cc(Cc4ccccc4)ccc3[nH]2)C1. The Morgan fingerprint density at radius 3 is 2.77 bits per heavy atom. The minimum absolute atomic E-state index is 0.0491. The van der Waals surface area contributed by atoms with E-state index in [0.717, 1.165) is 17.5 Å². The molecule has 2 atom stereocenters. The number of nitrogens with two attached hydrogens (primary N) is 1. The lowest BCUT2D eigenvalue weighted by Crippen LogP contribution is -2.40. The number of benzene rings is 2. The summed E-state index contributed by atoms with van der Waals surface area (Å²) in [5.41, 5.74) is 9.59. The van der Waals surface area contributed by atoms with Gasteiger partial charge in [-0.2, -0.15) is 0 Å². The summed E-state index contributed by atoms with van der Waals surface area (Å²) >= 11 is 0. The number of fused-ring (bicyclic) bond motifs is 1. The van der Waals surface area contributed by atoms with Crippen LogP contribution in [0.25, 0.3) is 11.0 Å². The molecule has 6 N–H and O–H groups in total. The van der Waals surface area contributed by atoms with E-state index in [4.69, 9.17) is 5.73 Å². The molecule has 1 fully saturated rings. The summed E-state index contributed by atoms with van der Waals surface area (Å²) in [4.78, 5) is 31.7. The number of carbonyl (C=O) groups excluding carboxylic acids is 2. The van der Waals surface area contributed by atoms with Crippen LogP contribution in [0.4, 0.5) is 0 Å². The molecule has 2 amide bonds. The van der Waals surface area contributed by atoms with Gasteiger partial charge in [-0.05, 0) is 36.1 Å². The molecule has 0 bridgehead atoms. The molecule has 0 spiro atoms. The summed E-state index contributed by atoms with van der Waals surface area (Å²) < 4.78 is 0. The molecule has 0 radical (unpaired) electrons. The first kappa shape index (κ1) is 20.1. The predicted molar refractivity (Wildman–Crippen MR) is 115 cm³/mol. The number of H-pyrrole nitrogens is 1. The van der Waals surface area contributed by atoms with E-state index in [1.165, 1.54) is 11.1 Å². The van der Waals surface area contributed by atoms with E-state index in [0.29, 0.717) is 25.3 Å². The van der Waals surface area contributed by atoms with Crippen molar-refractivity contribution in [3.8, 4) is 0 Å². The topological polar surface area (TPSA) is 125 Å². The smallest absolute Gasteiger partial charge is 0.237 e. The molecule has 8 nitrogen and oxygen atoms in total. The van der Waals surface area contributed by atoms with Gasteiger partial charge in [0.2, 0.25) is 11.8 Å². The van der Waals surface area contributed by atoms with Gasteiger partial charge in [0.05, 0.1) is 30.2 Å². The number of nitrogens with zero attached hydrogens (tertiary/aromatic N) is 1. The summed E-state index contributed by atoms with van der Waals surface area (Å²) in [6.07, 6.45) is 1.39. The molecule has 4 rings (SSSR count). The van der Waals surface area contributed by atoms with Crippen molar-refractivity contribution < 1.29 is 9.59 Å². The van der Waals surface area contributed by atoms with Gasteiger partial charge in [0.1, 0.15) is 5.82 Å². The van der Waals surface area contributed by atoms with Gasteiger partial charge in [0, 0.05) is 12.6 Å². The summed E-state index contributed by atoms with van der Waals surface area (Å²) in [5, 5.41) is 8.85. The van der Waals surface area contributed by atoms with Crippen LogP contribution < -0.4 is 21.7 Å². The van der Waals surface area contributed by atoms with Crippen molar-refractivity contribution in [2.75, 3.05) is 13.1 Å². The van der Waals surface area contributed by atoms with Crippen LogP contribution in [0, 0.1) is 0 Å². The average Bonchev–Trinajstić information content (AvgIpc) is 3.39. The van der Waals surface area contributed by atoms with E-state index in [1.54, 1.807) is 0 Å². The van der Waals surface area contributed by atoms with Crippen molar-refractivity contribution in [1.82, 2.24) is 25.9 Å². The fraction of sp³-hybridized carbons (Fsp3) is 0.318. The Balaban J connectivity index is 1.33. The Morgan fingerprint density at radius 2 is 1.97 bits per heavy atom. The lowest BCUT2D eigenvalue weighted by molar-refractivity contribution is -0.123. The molecule has 30 heavy (non-hydrogen) atoms. The fourth-order valence-corrected chi connectivity index (χ4v) is 3.76. The second kappa shape index (κ2) is 9.06. The maximum absolute atomic E-state index is 12.4. The average molecular weight is 406 g/mol. The van der Waals surface area contributed by atoms with E-state index in [9.17, 15) is 9.59 Å². The molecular formula is C22H26N6O2. The molecule has 1 aliphatic rings. The van der Waals surface area contributed by atoms with Crippen LogP contribution in [0.5, 0.6) is 0 Å². The van der Waals surface area contributed by atoms with Gasteiger partial charge < -0.3 is 26.7 Å². The predicted octanol–water partition coefficient (Wildman–Crippen LogP) is 0.575. The standard InChI is InChI=1S/C22H26N6O2/c23-11-21(29)26-16-10-19(24-12-16)22(30)25-13-20-27-17-7-6-15(9-18(17)28-20)8-14-4-2-1-3-5-14/h1-7,9,16,19,24H,8,10-13,23H2,(H,25,30)(H,26,29)(H,27,28). The van der Waals surface area contributed by atoms with Crippen LogP contribution in [0.1, 0.15) is 23.4 Å². The highest BCUT2D eigenvalue weighted by atomic mass is 16.2. The molecule has 1 aromatic heterocycles. The largest absolute Gasteiger partial charge is 0.351 e. The van der Waals surface area contributed by atoms with Gasteiger partial charge in [-0.15, -0.1) is 0 Å². The number of aromatic nitrogens is 2. The zero-order valence-electron chi connectivity index (χ0n) is 16.7. The van der Waals surface area contributed by atoms with Gasteiger partial charge in [-0.1, -0.05) is 36.4 Å². The van der Waals surface area contributed by atoms with E-state index < -0.39 is 0 Å². The van der Waals surface area contributed by atoms with Gasteiger partial charge in [-0.25, -0.2) is 4.98 Å². The minimum Gasteiger partial charge on any atom is -0.351 e. The number of imidazole rings is 1. The molecule has 2 unspecified atom stereocenters. The molecule has 1 saturated heterocycles. The zero-order chi connectivity index (χ0) is 20.9. The van der Waals surface area contributed by atoms with Crippen LogP contribution in [0.2, 0.25) is 0 Å². The number of hydrogen-bond acceptors (Lipinski definition) is 5. The number of hydrogen-bond donors (Lipinski definition) is 5. The Hall–Kier alpha value is -3.23. The summed E-state index contributed by atoms with van der Waals surface area (Å²) in [6, 6.07) is 16.1. The first-order valence-corrected chi connectivity index (χ1v) is 10.1. The molecule has 2 heterocycles. The monoisotopic (exact) mass is 406 g/mol. The first-order chi connectivity index (χ1) is 14.6. The lowest BCUT2D eigenvalue weighted by Gasteiger charge is -2.11. The van der Waals surface area contributed by atoms with E-state index >= 15 is 0 Å². The highest BCUT2D eigenvalue weighted by Crippen LogP contribution is 2.17. The van der Waals surface area contributed by atoms with E-state index in [1.807, 2.05) is 24.3 Å². The van der Waals surface area contributed by atoms with Crippen molar-refractivity contribution in [3.63, 3.8) is 0 Å². The van der Waals surface area contributed by atoms with Gasteiger partial charge in [0.25, 0.3) is 0 Å². The maximum Gasteiger partial charge on any atom is 0.237 e. The number of nitrogens with one attached hydrogen (secondary N) is 4. The third-order valence-electron chi connectivity index (χ3n) is 5.28. The third-order valence-corrected chi connectivity index (χ3v) is 5.28. The van der Waals surface area contributed by atoms with Crippen molar-refractivity contribution in [3.05, 3.63) is 65.5 Å². The second-order valence-electron chi connectivity index (χ2n) is 7.58. The van der Waals surface area contributed by atoms with Crippen LogP contribution in [-0.2, 0) is 22.6 Å². The summed E-state index contributed by atoms with van der Waals surface area (Å²) in [6.45, 7) is 0.824. The Labute approximate surface area is 174 Å². The first-order valence-electron chi connectivity index (χ1n) is 10.1. The van der Waals surface area contributed by atoms with Gasteiger partial charge >= 0.3 is 0 Å². The van der Waals surface area contributed by atoms with Crippen LogP contribution in [0.15, 0.2) is 48.5 Å². The quantitative estimate of drug-likeness (QED) is 0.392. The molecule has 0 aliphatic carbocycles. The van der Waals surface area contributed by atoms with Crippen molar-refractivity contribution >= 4 is 22.8 Å². The maximum atomic E-state index is 12.4. The fourth-order valence-electron chi connectivity index (χ4n) is 3.76. The third kappa shape index (κ3) is 4.84. The highest BCUT2D eigenvalue weighted by molar-refractivity contribution is 5.83. The van der Waals surface area contributed by atoms with E-state index in [2.05, 4.69) is 50.2 Å². The molecule has 8 heteroatoms. The van der Waals surface area contributed by atoms with Crippen molar-refractivity contribution in [2.45, 2.75) is 31.5 Å². The molecule has 2 aromatic carbocycles. The van der Waals surface area contributed by atoms with Crippen LogP contribution in [-0.4, -0.2) is 47.0 Å².